The average Bonchev–Trinajstić information content (AvgIpc) is 2.60. The van der Waals surface area contributed by atoms with Gasteiger partial charge in [-0.15, -0.1) is 0 Å². The van der Waals surface area contributed by atoms with Gasteiger partial charge in [-0.25, -0.2) is 9.18 Å². The molecule has 0 saturated carbocycles. The van der Waals surface area contributed by atoms with E-state index in [0.29, 0.717) is 23.1 Å². The number of aromatic amines is 1. The molecule has 0 aliphatic heterocycles. The Balaban J connectivity index is 2.49. The van der Waals surface area contributed by atoms with E-state index in [1.54, 1.807) is 19.2 Å². The van der Waals surface area contributed by atoms with E-state index < -0.39 is 5.97 Å². The van der Waals surface area contributed by atoms with Crippen molar-refractivity contribution in [3.8, 4) is 0 Å². The van der Waals surface area contributed by atoms with Crippen LogP contribution in [0.5, 0.6) is 0 Å². The van der Waals surface area contributed by atoms with E-state index in [1.165, 1.54) is 12.1 Å². The molecule has 0 amide bonds. The standard InChI is InChI=1S/C11H10FNO2/c1-2-15-11(14)10-9-4-3-8(12)5-7(9)6-13-10/h3-6,13H,2H2,1H3. The largest absolute Gasteiger partial charge is 0.461 e. The van der Waals surface area contributed by atoms with Crippen LogP contribution in [0.4, 0.5) is 4.39 Å². The third kappa shape index (κ3) is 1.70. The van der Waals surface area contributed by atoms with Crippen LogP contribution in [0.2, 0.25) is 0 Å². The Bertz CT molecular complexity index is 504. The van der Waals surface area contributed by atoms with E-state index in [9.17, 15) is 9.18 Å². The van der Waals surface area contributed by atoms with Gasteiger partial charge in [0.05, 0.1) is 6.61 Å². The highest BCUT2D eigenvalue weighted by atomic mass is 19.1. The lowest BCUT2D eigenvalue weighted by molar-refractivity contribution is 0.0522. The topological polar surface area (TPSA) is 42.1 Å². The maximum absolute atomic E-state index is 12.9. The lowest BCUT2D eigenvalue weighted by Gasteiger charge is -1.99. The molecule has 0 bridgehead atoms. The van der Waals surface area contributed by atoms with Crippen molar-refractivity contribution in [3.05, 3.63) is 35.9 Å². The lowest BCUT2D eigenvalue weighted by atomic mass is 10.2. The second-order valence-electron chi connectivity index (χ2n) is 3.12. The van der Waals surface area contributed by atoms with Crippen LogP contribution in [-0.2, 0) is 4.74 Å². The first-order valence-electron chi connectivity index (χ1n) is 4.66. The predicted molar refractivity (Wildman–Crippen MR) is 54.2 cm³/mol. The van der Waals surface area contributed by atoms with Gasteiger partial charge in [-0.2, -0.15) is 0 Å². The average molecular weight is 207 g/mol. The third-order valence-corrected chi connectivity index (χ3v) is 2.13. The van der Waals surface area contributed by atoms with Gasteiger partial charge < -0.3 is 9.72 Å². The number of esters is 1. The fourth-order valence-electron chi connectivity index (χ4n) is 1.48. The van der Waals surface area contributed by atoms with Crippen LogP contribution in [0, 0.1) is 5.82 Å². The number of halogens is 1. The number of nitrogens with one attached hydrogen (secondary N) is 1. The molecule has 0 saturated heterocycles. The first-order valence-corrected chi connectivity index (χ1v) is 4.66. The van der Waals surface area contributed by atoms with Gasteiger partial charge in [0.1, 0.15) is 11.5 Å². The zero-order chi connectivity index (χ0) is 10.8. The Morgan fingerprint density at radius 2 is 2.33 bits per heavy atom. The van der Waals surface area contributed by atoms with E-state index >= 15 is 0 Å². The monoisotopic (exact) mass is 207 g/mol. The number of ether oxygens (including phenoxy) is 1. The minimum atomic E-state index is -0.417. The van der Waals surface area contributed by atoms with Gasteiger partial charge in [-0.3, -0.25) is 0 Å². The molecule has 0 aliphatic carbocycles. The van der Waals surface area contributed by atoms with Gasteiger partial charge in [0.25, 0.3) is 0 Å². The fraction of sp³-hybridized carbons (Fsp3) is 0.182. The van der Waals surface area contributed by atoms with E-state index in [-0.39, 0.29) is 5.82 Å². The highest BCUT2D eigenvalue weighted by Gasteiger charge is 2.12. The summed E-state index contributed by atoms with van der Waals surface area (Å²) < 4.78 is 17.7. The Hall–Kier alpha value is -1.84. The molecule has 2 rings (SSSR count). The quantitative estimate of drug-likeness (QED) is 0.768. The number of fused-ring (bicyclic) bond motifs is 1. The second kappa shape index (κ2) is 3.73. The molecule has 0 fully saturated rings. The number of aromatic nitrogens is 1. The normalized spacial score (nSPS) is 10.5. The van der Waals surface area contributed by atoms with Crippen LogP contribution in [-0.4, -0.2) is 17.6 Å². The molecular weight excluding hydrogens is 197 g/mol. The molecule has 15 heavy (non-hydrogen) atoms. The Morgan fingerprint density at radius 1 is 1.53 bits per heavy atom. The first-order chi connectivity index (χ1) is 7.22. The molecule has 0 radical (unpaired) electrons. The van der Waals surface area contributed by atoms with Crippen molar-refractivity contribution in [2.45, 2.75) is 6.92 Å². The summed E-state index contributed by atoms with van der Waals surface area (Å²) in [6.07, 6.45) is 1.59. The van der Waals surface area contributed by atoms with Crippen LogP contribution in [0.15, 0.2) is 24.4 Å². The number of hydrogen-bond acceptors (Lipinski definition) is 2. The summed E-state index contributed by atoms with van der Waals surface area (Å²) in [7, 11) is 0. The van der Waals surface area contributed by atoms with Crippen LogP contribution < -0.4 is 0 Å². The molecule has 2 aromatic rings. The van der Waals surface area contributed by atoms with Gasteiger partial charge in [-0.05, 0) is 25.1 Å². The summed E-state index contributed by atoms with van der Waals surface area (Å²) in [5.41, 5.74) is 0.367. The fourth-order valence-corrected chi connectivity index (χ4v) is 1.48. The van der Waals surface area contributed by atoms with E-state index in [0.717, 1.165) is 0 Å². The van der Waals surface area contributed by atoms with Crippen LogP contribution >= 0.6 is 0 Å². The summed E-state index contributed by atoms with van der Waals surface area (Å²) in [6.45, 7) is 2.06. The van der Waals surface area contributed by atoms with Crippen molar-refractivity contribution in [3.63, 3.8) is 0 Å². The third-order valence-electron chi connectivity index (χ3n) is 2.13. The Morgan fingerprint density at radius 3 is 3.07 bits per heavy atom. The number of hydrogen-bond donors (Lipinski definition) is 1. The molecule has 0 unspecified atom stereocenters. The maximum Gasteiger partial charge on any atom is 0.355 e. The van der Waals surface area contributed by atoms with Crippen molar-refractivity contribution >= 4 is 16.7 Å². The highest BCUT2D eigenvalue weighted by molar-refractivity contribution is 6.03. The molecule has 1 N–H and O–H groups in total. The number of carbonyl (C=O) groups excluding carboxylic acids is 1. The van der Waals surface area contributed by atoms with Gasteiger partial charge in [0.15, 0.2) is 0 Å². The summed E-state index contributed by atoms with van der Waals surface area (Å²) in [5.74, 6) is -0.740. The zero-order valence-electron chi connectivity index (χ0n) is 8.21. The molecule has 0 atom stereocenters. The number of H-pyrrole nitrogens is 1. The minimum absolute atomic E-state index is 0.320. The molecule has 3 nitrogen and oxygen atoms in total. The van der Waals surface area contributed by atoms with Crippen LogP contribution in [0.25, 0.3) is 10.8 Å². The predicted octanol–water partition coefficient (Wildman–Crippen LogP) is 2.48. The molecular formula is C11H10FNO2. The summed E-state index contributed by atoms with van der Waals surface area (Å²) in [6, 6.07) is 4.25. The minimum Gasteiger partial charge on any atom is -0.461 e. The van der Waals surface area contributed by atoms with E-state index in [2.05, 4.69) is 4.98 Å². The van der Waals surface area contributed by atoms with E-state index in [1.807, 2.05) is 0 Å². The van der Waals surface area contributed by atoms with Gasteiger partial charge in [-0.1, -0.05) is 0 Å². The van der Waals surface area contributed by atoms with Gasteiger partial charge in [0, 0.05) is 17.0 Å². The Labute approximate surface area is 85.9 Å². The van der Waals surface area contributed by atoms with Gasteiger partial charge >= 0.3 is 5.97 Å². The number of rotatable bonds is 2. The van der Waals surface area contributed by atoms with Gasteiger partial charge in [0.2, 0.25) is 0 Å². The lowest BCUT2D eigenvalue weighted by Crippen LogP contribution is -2.05. The molecule has 1 heterocycles. The number of benzene rings is 1. The highest BCUT2D eigenvalue weighted by Crippen LogP contribution is 2.19. The number of carbonyl (C=O) groups is 1. The smallest absolute Gasteiger partial charge is 0.355 e. The van der Waals surface area contributed by atoms with Crippen molar-refractivity contribution in [2.24, 2.45) is 0 Å². The zero-order valence-corrected chi connectivity index (χ0v) is 8.21. The molecule has 0 aliphatic rings. The summed E-state index contributed by atoms with van der Waals surface area (Å²) in [5, 5.41) is 1.34. The SMILES string of the molecule is CCOC(=O)c1[nH]cc2cc(F)ccc12. The Kier molecular flexibility index (Phi) is 2.41. The summed E-state index contributed by atoms with van der Waals surface area (Å²) >= 11 is 0. The van der Waals surface area contributed by atoms with Crippen molar-refractivity contribution in [1.82, 2.24) is 4.98 Å². The van der Waals surface area contributed by atoms with E-state index in [4.69, 9.17) is 4.74 Å². The maximum atomic E-state index is 12.9. The first kappa shape index (κ1) is 9.71. The van der Waals surface area contributed by atoms with Crippen molar-refractivity contribution < 1.29 is 13.9 Å². The molecule has 1 aromatic carbocycles. The second-order valence-corrected chi connectivity index (χ2v) is 3.12. The van der Waals surface area contributed by atoms with Crippen molar-refractivity contribution in [2.75, 3.05) is 6.61 Å². The summed E-state index contributed by atoms with van der Waals surface area (Å²) in [4.78, 5) is 14.2. The molecule has 0 spiro atoms. The molecule has 1 aromatic heterocycles. The van der Waals surface area contributed by atoms with Crippen LogP contribution in [0.1, 0.15) is 17.4 Å². The molecule has 78 valence electrons. The van der Waals surface area contributed by atoms with Crippen LogP contribution in [0.3, 0.4) is 0 Å². The molecule has 4 heteroatoms. The van der Waals surface area contributed by atoms with Crippen molar-refractivity contribution in [1.29, 1.82) is 0 Å².